The Labute approximate surface area is 114 Å². The Morgan fingerprint density at radius 2 is 2.06 bits per heavy atom. The molecule has 2 saturated heterocycles. The zero-order valence-corrected chi connectivity index (χ0v) is 11.9. The molecule has 1 aromatic rings. The van der Waals surface area contributed by atoms with Crippen LogP contribution in [0.1, 0.15) is 31.2 Å². The first-order valence-corrected chi connectivity index (χ1v) is 7.23. The van der Waals surface area contributed by atoms with E-state index >= 15 is 0 Å². The lowest BCUT2D eigenvalue weighted by atomic mass is 9.98. The van der Waals surface area contributed by atoms with Crippen molar-refractivity contribution in [2.45, 2.75) is 50.4 Å². The SMILES string of the molecule is CN(Cc1ccsc1)C1CC2CCC(C1)N2.Cl. The van der Waals surface area contributed by atoms with Crippen molar-refractivity contribution in [2.75, 3.05) is 7.05 Å². The molecule has 2 aliphatic heterocycles. The van der Waals surface area contributed by atoms with E-state index < -0.39 is 0 Å². The third-order valence-corrected chi connectivity index (χ3v) is 4.82. The standard InChI is InChI=1S/C13H20N2S.ClH/c1-15(8-10-4-5-16-9-10)13-6-11-2-3-12(7-13)14-11;/h4-5,9,11-14H,2-3,6-8H2,1H3;1H. The maximum Gasteiger partial charge on any atom is 0.0241 e. The molecule has 2 bridgehead atoms. The van der Waals surface area contributed by atoms with Crippen molar-refractivity contribution in [3.63, 3.8) is 0 Å². The molecule has 1 N–H and O–H groups in total. The number of nitrogens with zero attached hydrogens (tertiary/aromatic N) is 1. The van der Waals surface area contributed by atoms with Crippen molar-refractivity contribution in [1.82, 2.24) is 10.2 Å². The number of hydrogen-bond acceptors (Lipinski definition) is 3. The fourth-order valence-corrected chi connectivity index (χ4v) is 3.85. The molecule has 0 saturated carbocycles. The maximum atomic E-state index is 3.71. The van der Waals surface area contributed by atoms with Crippen LogP contribution in [-0.2, 0) is 6.54 Å². The molecule has 1 aromatic heterocycles. The molecule has 2 fully saturated rings. The summed E-state index contributed by atoms with van der Waals surface area (Å²) in [6.07, 6.45) is 5.48. The lowest BCUT2D eigenvalue weighted by Gasteiger charge is -2.35. The summed E-state index contributed by atoms with van der Waals surface area (Å²) in [5.41, 5.74) is 1.47. The first-order chi connectivity index (χ1) is 7.81. The number of halogens is 1. The Kier molecular flexibility index (Phi) is 4.47. The van der Waals surface area contributed by atoms with Crippen LogP contribution in [0.2, 0.25) is 0 Å². The first-order valence-electron chi connectivity index (χ1n) is 6.28. The van der Waals surface area contributed by atoms with Gasteiger partial charge in [-0.05, 0) is 55.1 Å². The van der Waals surface area contributed by atoms with E-state index in [1.54, 1.807) is 11.3 Å². The summed E-state index contributed by atoms with van der Waals surface area (Å²) in [5.74, 6) is 0. The molecule has 2 atom stereocenters. The van der Waals surface area contributed by atoms with Crippen molar-refractivity contribution in [3.05, 3.63) is 22.4 Å². The van der Waals surface area contributed by atoms with E-state index in [4.69, 9.17) is 0 Å². The normalized spacial score (nSPS) is 31.5. The molecule has 17 heavy (non-hydrogen) atoms. The molecular formula is C13H21ClN2S. The van der Waals surface area contributed by atoms with Crippen LogP contribution in [0.15, 0.2) is 16.8 Å². The van der Waals surface area contributed by atoms with E-state index in [2.05, 4.69) is 34.1 Å². The van der Waals surface area contributed by atoms with Gasteiger partial charge in [-0.15, -0.1) is 12.4 Å². The second-order valence-corrected chi connectivity index (χ2v) is 6.09. The number of hydrogen-bond donors (Lipinski definition) is 1. The van der Waals surface area contributed by atoms with Crippen molar-refractivity contribution >= 4 is 23.7 Å². The van der Waals surface area contributed by atoms with Crippen LogP contribution in [-0.4, -0.2) is 30.1 Å². The fraction of sp³-hybridized carbons (Fsp3) is 0.692. The highest BCUT2D eigenvalue weighted by atomic mass is 35.5. The van der Waals surface area contributed by atoms with Gasteiger partial charge >= 0.3 is 0 Å². The van der Waals surface area contributed by atoms with Gasteiger partial charge in [0.25, 0.3) is 0 Å². The van der Waals surface area contributed by atoms with Crippen molar-refractivity contribution in [2.24, 2.45) is 0 Å². The van der Waals surface area contributed by atoms with E-state index in [-0.39, 0.29) is 12.4 Å². The molecule has 0 amide bonds. The van der Waals surface area contributed by atoms with Crippen molar-refractivity contribution < 1.29 is 0 Å². The molecule has 2 nitrogen and oxygen atoms in total. The van der Waals surface area contributed by atoms with Gasteiger partial charge in [-0.1, -0.05) is 0 Å². The van der Waals surface area contributed by atoms with Gasteiger partial charge in [0.15, 0.2) is 0 Å². The van der Waals surface area contributed by atoms with Crippen LogP contribution >= 0.6 is 23.7 Å². The molecule has 96 valence electrons. The number of nitrogens with one attached hydrogen (secondary N) is 1. The van der Waals surface area contributed by atoms with Gasteiger partial charge in [-0.3, -0.25) is 4.90 Å². The third kappa shape index (κ3) is 3.02. The minimum Gasteiger partial charge on any atom is -0.311 e. The van der Waals surface area contributed by atoms with Crippen molar-refractivity contribution in [1.29, 1.82) is 0 Å². The first kappa shape index (κ1) is 13.3. The van der Waals surface area contributed by atoms with Gasteiger partial charge in [0.05, 0.1) is 0 Å². The zero-order chi connectivity index (χ0) is 11.0. The summed E-state index contributed by atoms with van der Waals surface area (Å²) in [7, 11) is 2.28. The molecule has 2 unspecified atom stereocenters. The largest absolute Gasteiger partial charge is 0.311 e. The third-order valence-electron chi connectivity index (χ3n) is 4.08. The van der Waals surface area contributed by atoms with Crippen LogP contribution in [0, 0.1) is 0 Å². The predicted molar refractivity (Wildman–Crippen MR) is 76.0 cm³/mol. The lowest BCUT2D eigenvalue weighted by Crippen LogP contribution is -2.46. The molecule has 4 heteroatoms. The topological polar surface area (TPSA) is 15.3 Å². The summed E-state index contributed by atoms with van der Waals surface area (Å²) in [6, 6.07) is 4.64. The van der Waals surface area contributed by atoms with Crippen LogP contribution in [0.25, 0.3) is 0 Å². The zero-order valence-electron chi connectivity index (χ0n) is 10.3. The molecular weight excluding hydrogens is 252 g/mol. The molecule has 2 aliphatic rings. The molecule has 0 aromatic carbocycles. The second-order valence-electron chi connectivity index (χ2n) is 5.31. The Hall–Kier alpha value is -0.0900. The van der Waals surface area contributed by atoms with Crippen molar-refractivity contribution in [3.8, 4) is 0 Å². The molecule has 0 aliphatic carbocycles. The minimum absolute atomic E-state index is 0. The quantitative estimate of drug-likeness (QED) is 0.910. The average molecular weight is 273 g/mol. The molecule has 3 rings (SSSR count). The summed E-state index contributed by atoms with van der Waals surface area (Å²) in [6.45, 7) is 1.12. The number of fused-ring (bicyclic) bond motifs is 2. The molecule has 0 spiro atoms. The summed E-state index contributed by atoms with van der Waals surface area (Å²) >= 11 is 1.80. The average Bonchev–Trinajstić information content (AvgIpc) is 2.89. The van der Waals surface area contributed by atoms with Gasteiger partial charge in [0.1, 0.15) is 0 Å². The number of piperidine rings is 1. The number of rotatable bonds is 3. The van der Waals surface area contributed by atoms with Gasteiger partial charge in [-0.25, -0.2) is 0 Å². The highest BCUT2D eigenvalue weighted by Gasteiger charge is 2.34. The highest BCUT2D eigenvalue weighted by Crippen LogP contribution is 2.29. The number of thiophene rings is 1. The fourth-order valence-electron chi connectivity index (χ4n) is 3.19. The van der Waals surface area contributed by atoms with Crippen LogP contribution in [0.3, 0.4) is 0 Å². The Morgan fingerprint density at radius 1 is 1.35 bits per heavy atom. The van der Waals surface area contributed by atoms with Gasteiger partial charge in [-0.2, -0.15) is 11.3 Å². The second kappa shape index (κ2) is 5.70. The minimum atomic E-state index is 0. The van der Waals surface area contributed by atoms with E-state index in [1.165, 1.54) is 31.2 Å². The summed E-state index contributed by atoms with van der Waals surface area (Å²) in [4.78, 5) is 2.55. The lowest BCUT2D eigenvalue weighted by molar-refractivity contribution is 0.166. The summed E-state index contributed by atoms with van der Waals surface area (Å²) in [5, 5.41) is 8.16. The van der Waals surface area contributed by atoms with Crippen LogP contribution in [0.4, 0.5) is 0 Å². The van der Waals surface area contributed by atoms with Gasteiger partial charge in [0.2, 0.25) is 0 Å². The monoisotopic (exact) mass is 272 g/mol. The Balaban J connectivity index is 0.00000108. The summed E-state index contributed by atoms with van der Waals surface area (Å²) < 4.78 is 0. The van der Waals surface area contributed by atoms with Gasteiger partial charge < -0.3 is 5.32 Å². The van der Waals surface area contributed by atoms with Gasteiger partial charge in [0, 0.05) is 24.7 Å². The molecule has 3 heterocycles. The van der Waals surface area contributed by atoms with E-state index in [1.807, 2.05) is 0 Å². The van der Waals surface area contributed by atoms with Crippen LogP contribution in [0.5, 0.6) is 0 Å². The Bertz CT molecular complexity index is 329. The van der Waals surface area contributed by atoms with Crippen LogP contribution < -0.4 is 5.32 Å². The molecule has 0 radical (unpaired) electrons. The van der Waals surface area contributed by atoms with E-state index in [9.17, 15) is 0 Å². The smallest absolute Gasteiger partial charge is 0.0241 e. The van der Waals surface area contributed by atoms with E-state index in [0.717, 1.165) is 24.7 Å². The maximum absolute atomic E-state index is 3.71. The predicted octanol–water partition coefficient (Wildman–Crippen LogP) is 2.88. The Morgan fingerprint density at radius 3 is 2.65 bits per heavy atom. The van der Waals surface area contributed by atoms with E-state index in [0.29, 0.717) is 0 Å². The highest BCUT2D eigenvalue weighted by molar-refractivity contribution is 7.07.